The van der Waals surface area contributed by atoms with E-state index in [0.29, 0.717) is 0 Å². The van der Waals surface area contributed by atoms with Crippen molar-refractivity contribution in [1.29, 1.82) is 0 Å². The van der Waals surface area contributed by atoms with Crippen LogP contribution in [0.4, 0.5) is 5.69 Å². The first-order valence-corrected chi connectivity index (χ1v) is 4.55. The van der Waals surface area contributed by atoms with Gasteiger partial charge in [0.15, 0.2) is 0 Å². The number of hydrogen-bond donors (Lipinski definition) is 1. The van der Waals surface area contributed by atoms with Gasteiger partial charge < -0.3 is 10.3 Å². The number of hydrogen-bond acceptors (Lipinski definition) is 2. The van der Waals surface area contributed by atoms with Crippen molar-refractivity contribution in [3.05, 3.63) is 42.0 Å². The highest BCUT2D eigenvalue weighted by Gasteiger charge is 2.06. The van der Waals surface area contributed by atoms with Crippen LogP contribution in [0.25, 0.3) is 5.69 Å². The summed E-state index contributed by atoms with van der Waals surface area (Å²) in [4.78, 5) is 4.18. The van der Waals surface area contributed by atoms with Crippen LogP contribution in [0.2, 0.25) is 0 Å². The Morgan fingerprint density at radius 1 is 1.29 bits per heavy atom. The molecule has 14 heavy (non-hydrogen) atoms. The minimum absolute atomic E-state index is 0.783. The molecule has 0 saturated carbocycles. The maximum Gasteiger partial charge on any atom is 0.110 e. The van der Waals surface area contributed by atoms with E-state index in [1.165, 1.54) is 0 Å². The summed E-state index contributed by atoms with van der Waals surface area (Å²) in [6, 6.07) is 5.91. The van der Waals surface area contributed by atoms with E-state index in [4.69, 9.17) is 5.73 Å². The molecule has 0 radical (unpaired) electrons. The maximum atomic E-state index is 5.93. The Morgan fingerprint density at radius 2 is 2.07 bits per heavy atom. The lowest BCUT2D eigenvalue weighted by molar-refractivity contribution is 0.967. The minimum Gasteiger partial charge on any atom is -0.397 e. The number of imidazole rings is 1. The van der Waals surface area contributed by atoms with Gasteiger partial charge in [0.1, 0.15) is 5.82 Å². The van der Waals surface area contributed by atoms with E-state index in [2.05, 4.69) is 4.98 Å². The molecule has 0 aliphatic rings. The predicted molar refractivity (Wildman–Crippen MR) is 57.5 cm³/mol. The lowest BCUT2D eigenvalue weighted by atomic mass is 10.1. The number of aryl methyl sites for hydroxylation is 2. The van der Waals surface area contributed by atoms with Crippen LogP contribution < -0.4 is 5.73 Å². The van der Waals surface area contributed by atoms with Gasteiger partial charge in [-0.15, -0.1) is 0 Å². The van der Waals surface area contributed by atoms with Crippen LogP contribution in [0.1, 0.15) is 11.4 Å². The summed E-state index contributed by atoms with van der Waals surface area (Å²) < 4.78 is 2.00. The van der Waals surface area contributed by atoms with Crippen LogP contribution in [-0.4, -0.2) is 9.55 Å². The van der Waals surface area contributed by atoms with Gasteiger partial charge in [-0.3, -0.25) is 0 Å². The fourth-order valence-corrected chi connectivity index (χ4v) is 1.63. The summed E-state index contributed by atoms with van der Waals surface area (Å²) in [6.07, 6.45) is 3.70. The van der Waals surface area contributed by atoms with E-state index in [9.17, 15) is 0 Å². The van der Waals surface area contributed by atoms with E-state index in [1.807, 2.05) is 42.8 Å². The SMILES string of the molecule is Cc1cccc(N)c1-n1ccnc1C. The van der Waals surface area contributed by atoms with Gasteiger partial charge >= 0.3 is 0 Å². The monoisotopic (exact) mass is 187 g/mol. The van der Waals surface area contributed by atoms with E-state index in [0.717, 1.165) is 22.8 Å². The molecule has 0 saturated heterocycles. The van der Waals surface area contributed by atoms with Crippen molar-refractivity contribution < 1.29 is 0 Å². The van der Waals surface area contributed by atoms with Gasteiger partial charge in [0.25, 0.3) is 0 Å². The number of nitrogens with zero attached hydrogens (tertiary/aromatic N) is 2. The number of nitrogen functional groups attached to an aromatic ring is 1. The first-order valence-electron chi connectivity index (χ1n) is 4.55. The molecule has 3 heteroatoms. The summed E-state index contributed by atoms with van der Waals surface area (Å²) in [5.41, 5.74) is 8.90. The topological polar surface area (TPSA) is 43.8 Å². The predicted octanol–water partition coefficient (Wildman–Crippen LogP) is 2.07. The molecule has 0 aliphatic carbocycles. The molecule has 72 valence electrons. The van der Waals surface area contributed by atoms with Crippen molar-refractivity contribution >= 4 is 5.69 Å². The molecule has 1 aromatic heterocycles. The average Bonchev–Trinajstić information content (AvgIpc) is 2.52. The number of anilines is 1. The second-order valence-corrected chi connectivity index (χ2v) is 3.36. The third-order valence-electron chi connectivity index (χ3n) is 2.34. The smallest absolute Gasteiger partial charge is 0.110 e. The molecule has 2 rings (SSSR count). The van der Waals surface area contributed by atoms with Crippen LogP contribution in [0, 0.1) is 13.8 Å². The zero-order valence-corrected chi connectivity index (χ0v) is 8.36. The van der Waals surface area contributed by atoms with E-state index >= 15 is 0 Å². The largest absolute Gasteiger partial charge is 0.397 e. The Bertz CT molecular complexity index is 437. The standard InChI is InChI=1S/C11H13N3/c1-8-4-3-5-10(12)11(8)14-7-6-13-9(14)2/h3-7H,12H2,1-2H3. The summed E-state index contributed by atoms with van der Waals surface area (Å²) >= 11 is 0. The number of rotatable bonds is 1. The maximum absolute atomic E-state index is 5.93. The molecule has 0 bridgehead atoms. The molecule has 2 aromatic rings. The first-order chi connectivity index (χ1) is 6.70. The van der Waals surface area contributed by atoms with Gasteiger partial charge in [-0.1, -0.05) is 12.1 Å². The van der Waals surface area contributed by atoms with E-state index in [-0.39, 0.29) is 0 Å². The van der Waals surface area contributed by atoms with Crippen molar-refractivity contribution in [2.45, 2.75) is 13.8 Å². The molecule has 0 amide bonds. The van der Waals surface area contributed by atoms with Crippen molar-refractivity contribution in [2.75, 3.05) is 5.73 Å². The fraction of sp³-hybridized carbons (Fsp3) is 0.182. The number of benzene rings is 1. The Labute approximate surface area is 83.2 Å². The van der Waals surface area contributed by atoms with Crippen molar-refractivity contribution in [2.24, 2.45) is 0 Å². The van der Waals surface area contributed by atoms with Crippen LogP contribution in [0.15, 0.2) is 30.6 Å². The molecule has 2 N–H and O–H groups in total. The fourth-order valence-electron chi connectivity index (χ4n) is 1.63. The normalized spacial score (nSPS) is 10.4. The highest BCUT2D eigenvalue weighted by atomic mass is 15.1. The molecule has 0 atom stereocenters. The molecule has 0 unspecified atom stereocenters. The lowest BCUT2D eigenvalue weighted by Gasteiger charge is -2.11. The average molecular weight is 187 g/mol. The van der Waals surface area contributed by atoms with Gasteiger partial charge in [0, 0.05) is 12.4 Å². The number of nitrogens with two attached hydrogens (primary N) is 1. The van der Waals surface area contributed by atoms with Gasteiger partial charge in [0.2, 0.25) is 0 Å². The van der Waals surface area contributed by atoms with Crippen LogP contribution >= 0.6 is 0 Å². The molecular formula is C11H13N3. The Balaban J connectivity index is 2.68. The summed E-state index contributed by atoms with van der Waals surface area (Å²) in [6.45, 7) is 4.01. The zero-order chi connectivity index (χ0) is 10.1. The minimum atomic E-state index is 0.783. The van der Waals surface area contributed by atoms with Crippen molar-refractivity contribution in [3.8, 4) is 5.69 Å². The third-order valence-corrected chi connectivity index (χ3v) is 2.34. The molecule has 1 heterocycles. The van der Waals surface area contributed by atoms with Crippen LogP contribution in [0.5, 0.6) is 0 Å². The van der Waals surface area contributed by atoms with Gasteiger partial charge in [0.05, 0.1) is 11.4 Å². The highest BCUT2D eigenvalue weighted by Crippen LogP contribution is 2.22. The van der Waals surface area contributed by atoms with Gasteiger partial charge in [-0.25, -0.2) is 4.98 Å². The first kappa shape index (κ1) is 8.81. The number of para-hydroxylation sites is 1. The second kappa shape index (κ2) is 3.18. The lowest BCUT2D eigenvalue weighted by Crippen LogP contribution is -2.02. The zero-order valence-electron chi connectivity index (χ0n) is 8.36. The van der Waals surface area contributed by atoms with E-state index < -0.39 is 0 Å². The highest BCUT2D eigenvalue weighted by molar-refractivity contribution is 5.62. The van der Waals surface area contributed by atoms with Gasteiger partial charge in [-0.2, -0.15) is 0 Å². The second-order valence-electron chi connectivity index (χ2n) is 3.36. The Kier molecular flexibility index (Phi) is 2.00. The van der Waals surface area contributed by atoms with Crippen LogP contribution in [-0.2, 0) is 0 Å². The van der Waals surface area contributed by atoms with Crippen molar-refractivity contribution in [3.63, 3.8) is 0 Å². The quantitative estimate of drug-likeness (QED) is 0.694. The molecule has 3 nitrogen and oxygen atoms in total. The Morgan fingerprint density at radius 3 is 2.64 bits per heavy atom. The molecular weight excluding hydrogens is 174 g/mol. The Hall–Kier alpha value is -1.77. The van der Waals surface area contributed by atoms with E-state index in [1.54, 1.807) is 6.20 Å². The molecule has 0 aliphatic heterocycles. The number of aromatic nitrogens is 2. The molecule has 1 aromatic carbocycles. The summed E-state index contributed by atoms with van der Waals surface area (Å²) in [7, 11) is 0. The van der Waals surface area contributed by atoms with Gasteiger partial charge in [-0.05, 0) is 25.5 Å². The summed E-state index contributed by atoms with van der Waals surface area (Å²) in [5, 5.41) is 0. The third kappa shape index (κ3) is 1.27. The molecule has 0 spiro atoms. The van der Waals surface area contributed by atoms with Crippen molar-refractivity contribution in [1.82, 2.24) is 9.55 Å². The molecule has 0 fully saturated rings. The summed E-state index contributed by atoms with van der Waals surface area (Å²) in [5.74, 6) is 0.950. The van der Waals surface area contributed by atoms with Crippen LogP contribution in [0.3, 0.4) is 0 Å².